The van der Waals surface area contributed by atoms with Gasteiger partial charge < -0.3 is 9.47 Å². The van der Waals surface area contributed by atoms with E-state index in [1.54, 1.807) is 18.3 Å². The molecule has 140 valence electrons. The van der Waals surface area contributed by atoms with E-state index in [-0.39, 0.29) is 24.2 Å². The van der Waals surface area contributed by atoms with Gasteiger partial charge in [-0.1, -0.05) is 19.1 Å². The zero-order valence-corrected chi connectivity index (χ0v) is 15.4. The molecule has 0 unspecified atom stereocenters. The Hall–Kier alpha value is -2.76. The fourth-order valence-corrected chi connectivity index (χ4v) is 3.87. The average molecular weight is 366 g/mol. The van der Waals surface area contributed by atoms with Crippen LogP contribution in [0.15, 0.2) is 42.6 Å². The second-order valence-corrected chi connectivity index (χ2v) is 7.08. The van der Waals surface area contributed by atoms with E-state index in [9.17, 15) is 9.18 Å². The van der Waals surface area contributed by atoms with Gasteiger partial charge in [-0.3, -0.25) is 4.79 Å². The molecule has 1 aliphatic rings. The van der Waals surface area contributed by atoms with Crippen LogP contribution in [0.3, 0.4) is 0 Å². The molecule has 6 heteroatoms. The van der Waals surface area contributed by atoms with Crippen LogP contribution in [0.2, 0.25) is 0 Å². The Kier molecular flexibility index (Phi) is 4.88. The molecular formula is C21H23FN4O. The first-order valence-corrected chi connectivity index (χ1v) is 9.49. The number of fused-ring (bicyclic) bond motifs is 1. The Morgan fingerprint density at radius 3 is 3.00 bits per heavy atom. The standard InChI is InChI=1S/C21H23FN4O/c1-2-5-19-24-18-8-4-10-23-21(18)26(19)17-9-11-25(14-17)20(27)13-15-6-3-7-16(22)12-15/h3-4,6-8,10,12,17H,2,5,9,11,13-14H2,1H3/t17-/m0/s1. The highest BCUT2D eigenvalue weighted by Gasteiger charge is 2.30. The summed E-state index contributed by atoms with van der Waals surface area (Å²) in [6, 6.07) is 10.3. The summed E-state index contributed by atoms with van der Waals surface area (Å²) in [7, 11) is 0. The third-order valence-electron chi connectivity index (χ3n) is 5.12. The van der Waals surface area contributed by atoms with E-state index in [1.807, 2.05) is 17.0 Å². The summed E-state index contributed by atoms with van der Waals surface area (Å²) < 4.78 is 15.6. The van der Waals surface area contributed by atoms with Gasteiger partial charge >= 0.3 is 0 Å². The predicted molar refractivity (Wildman–Crippen MR) is 102 cm³/mol. The Balaban J connectivity index is 1.53. The van der Waals surface area contributed by atoms with Gasteiger partial charge in [-0.15, -0.1) is 0 Å². The molecule has 1 atom stereocenters. The molecule has 3 aromatic rings. The SMILES string of the molecule is CCCc1nc2cccnc2n1[C@H]1CCN(C(=O)Cc2cccc(F)c2)C1. The molecule has 0 N–H and O–H groups in total. The van der Waals surface area contributed by atoms with Crippen LogP contribution in [0.1, 0.15) is 37.2 Å². The maximum absolute atomic E-state index is 13.4. The van der Waals surface area contributed by atoms with Crippen molar-refractivity contribution in [3.05, 3.63) is 59.8 Å². The molecule has 0 saturated carbocycles. The number of aryl methyl sites for hydroxylation is 1. The Morgan fingerprint density at radius 1 is 1.30 bits per heavy atom. The Labute approximate surface area is 157 Å². The Bertz CT molecular complexity index is 968. The number of halogens is 1. The van der Waals surface area contributed by atoms with Gasteiger partial charge in [-0.2, -0.15) is 0 Å². The van der Waals surface area contributed by atoms with Crippen molar-refractivity contribution in [2.24, 2.45) is 0 Å². The Morgan fingerprint density at radius 2 is 2.19 bits per heavy atom. The summed E-state index contributed by atoms with van der Waals surface area (Å²) in [6.45, 7) is 3.49. The molecule has 1 fully saturated rings. The lowest BCUT2D eigenvalue weighted by Gasteiger charge is -2.19. The zero-order valence-electron chi connectivity index (χ0n) is 15.4. The van der Waals surface area contributed by atoms with E-state index < -0.39 is 0 Å². The number of carbonyl (C=O) groups is 1. The van der Waals surface area contributed by atoms with E-state index in [0.717, 1.165) is 36.3 Å². The topological polar surface area (TPSA) is 51.0 Å². The molecule has 1 amide bonds. The van der Waals surface area contributed by atoms with Crippen molar-refractivity contribution in [2.45, 2.75) is 38.6 Å². The fourth-order valence-electron chi connectivity index (χ4n) is 3.87. The minimum atomic E-state index is -0.306. The van der Waals surface area contributed by atoms with Gasteiger partial charge in [0, 0.05) is 25.7 Å². The van der Waals surface area contributed by atoms with E-state index >= 15 is 0 Å². The number of carbonyl (C=O) groups excluding carboxylic acids is 1. The largest absolute Gasteiger partial charge is 0.340 e. The molecule has 27 heavy (non-hydrogen) atoms. The van der Waals surface area contributed by atoms with Gasteiger partial charge in [0.1, 0.15) is 17.2 Å². The quantitative estimate of drug-likeness (QED) is 0.694. The number of pyridine rings is 1. The van der Waals surface area contributed by atoms with Crippen molar-refractivity contribution in [3.8, 4) is 0 Å². The van der Waals surface area contributed by atoms with Crippen LogP contribution in [0.4, 0.5) is 4.39 Å². The number of nitrogens with zero attached hydrogens (tertiary/aromatic N) is 4. The van der Waals surface area contributed by atoms with Gasteiger partial charge in [0.15, 0.2) is 5.65 Å². The summed E-state index contributed by atoms with van der Waals surface area (Å²) in [5.74, 6) is 0.771. The number of benzene rings is 1. The molecule has 2 aromatic heterocycles. The van der Waals surface area contributed by atoms with Crippen molar-refractivity contribution in [1.82, 2.24) is 19.4 Å². The number of amides is 1. The molecule has 3 heterocycles. The normalized spacial score (nSPS) is 17.0. The average Bonchev–Trinajstić information content (AvgIpc) is 3.26. The first-order valence-electron chi connectivity index (χ1n) is 9.49. The first kappa shape index (κ1) is 17.6. The van der Waals surface area contributed by atoms with Gasteiger partial charge in [-0.05, 0) is 42.7 Å². The van der Waals surface area contributed by atoms with Gasteiger partial charge in [0.2, 0.25) is 5.91 Å². The highest BCUT2D eigenvalue weighted by atomic mass is 19.1. The van der Waals surface area contributed by atoms with E-state index in [0.29, 0.717) is 18.7 Å². The highest BCUT2D eigenvalue weighted by Crippen LogP contribution is 2.28. The van der Waals surface area contributed by atoms with Crippen LogP contribution in [-0.2, 0) is 17.6 Å². The van der Waals surface area contributed by atoms with Crippen molar-refractivity contribution in [3.63, 3.8) is 0 Å². The van der Waals surface area contributed by atoms with Crippen LogP contribution >= 0.6 is 0 Å². The zero-order chi connectivity index (χ0) is 18.8. The molecule has 1 aromatic carbocycles. The summed E-state index contributed by atoms with van der Waals surface area (Å²) in [5, 5.41) is 0. The van der Waals surface area contributed by atoms with Crippen LogP contribution < -0.4 is 0 Å². The molecule has 1 saturated heterocycles. The summed E-state index contributed by atoms with van der Waals surface area (Å²) in [6.07, 6.45) is 4.81. The lowest BCUT2D eigenvalue weighted by atomic mass is 10.1. The van der Waals surface area contributed by atoms with E-state index in [2.05, 4.69) is 16.5 Å². The number of hydrogen-bond acceptors (Lipinski definition) is 3. The van der Waals surface area contributed by atoms with Crippen molar-refractivity contribution < 1.29 is 9.18 Å². The van der Waals surface area contributed by atoms with E-state index in [1.165, 1.54) is 12.1 Å². The maximum atomic E-state index is 13.4. The number of imidazole rings is 1. The molecule has 0 spiro atoms. The van der Waals surface area contributed by atoms with Crippen LogP contribution in [0, 0.1) is 5.82 Å². The number of hydrogen-bond donors (Lipinski definition) is 0. The molecule has 5 nitrogen and oxygen atoms in total. The maximum Gasteiger partial charge on any atom is 0.227 e. The molecule has 1 aliphatic heterocycles. The predicted octanol–water partition coefficient (Wildman–Crippen LogP) is 3.54. The smallest absolute Gasteiger partial charge is 0.227 e. The highest BCUT2D eigenvalue weighted by molar-refractivity contribution is 5.79. The van der Waals surface area contributed by atoms with Gasteiger partial charge in [-0.25, -0.2) is 14.4 Å². The molecule has 0 bridgehead atoms. The summed E-state index contributed by atoms with van der Waals surface area (Å²) in [5.41, 5.74) is 2.51. The second kappa shape index (κ2) is 7.47. The van der Waals surface area contributed by atoms with Crippen molar-refractivity contribution in [2.75, 3.05) is 13.1 Å². The summed E-state index contributed by atoms with van der Waals surface area (Å²) in [4.78, 5) is 23.8. The minimum Gasteiger partial charge on any atom is -0.340 e. The molecule has 0 aliphatic carbocycles. The van der Waals surface area contributed by atoms with Gasteiger partial charge in [0.25, 0.3) is 0 Å². The lowest BCUT2D eigenvalue weighted by Crippen LogP contribution is -2.30. The molecular weight excluding hydrogens is 343 g/mol. The second-order valence-electron chi connectivity index (χ2n) is 7.08. The van der Waals surface area contributed by atoms with Crippen molar-refractivity contribution >= 4 is 17.1 Å². The van der Waals surface area contributed by atoms with Crippen molar-refractivity contribution in [1.29, 1.82) is 0 Å². The minimum absolute atomic E-state index is 0.0394. The summed E-state index contributed by atoms with van der Waals surface area (Å²) >= 11 is 0. The third kappa shape index (κ3) is 3.56. The van der Waals surface area contributed by atoms with Crippen LogP contribution in [0.25, 0.3) is 11.2 Å². The van der Waals surface area contributed by atoms with Crippen LogP contribution in [-0.4, -0.2) is 38.4 Å². The monoisotopic (exact) mass is 366 g/mol. The first-order chi connectivity index (χ1) is 13.2. The third-order valence-corrected chi connectivity index (χ3v) is 5.12. The number of rotatable bonds is 5. The van der Waals surface area contributed by atoms with Crippen LogP contribution in [0.5, 0.6) is 0 Å². The molecule has 4 rings (SSSR count). The van der Waals surface area contributed by atoms with E-state index in [4.69, 9.17) is 4.98 Å². The fraction of sp³-hybridized carbons (Fsp3) is 0.381. The number of likely N-dealkylation sites (tertiary alicyclic amines) is 1. The lowest BCUT2D eigenvalue weighted by molar-refractivity contribution is -0.129. The van der Waals surface area contributed by atoms with Gasteiger partial charge in [0.05, 0.1) is 12.5 Å². The molecule has 0 radical (unpaired) electrons. The number of aromatic nitrogens is 3.